The normalized spacial score (nSPS) is 14.2. The second-order valence-electron chi connectivity index (χ2n) is 5.43. The molecule has 0 aromatic carbocycles. The van der Waals surface area contributed by atoms with E-state index >= 15 is 0 Å². The molecule has 0 aromatic rings. The molecule has 0 aliphatic carbocycles. The summed E-state index contributed by atoms with van der Waals surface area (Å²) in [5, 5.41) is 0. The molecule has 0 radical (unpaired) electrons. The maximum atomic E-state index is 12.7. The lowest BCUT2D eigenvalue weighted by Gasteiger charge is -2.27. The topological polar surface area (TPSA) is 52.6 Å². The van der Waals surface area contributed by atoms with E-state index in [0.29, 0.717) is 19.6 Å². The second-order valence-corrected chi connectivity index (χ2v) is 7.76. The van der Waals surface area contributed by atoms with Gasteiger partial charge in [-0.15, -0.1) is 6.58 Å². The van der Waals surface area contributed by atoms with E-state index in [4.69, 9.17) is 9.05 Å². The minimum atomic E-state index is -3.26. The van der Waals surface area contributed by atoms with Crippen LogP contribution in [0.25, 0.3) is 0 Å². The maximum Gasteiger partial charge on any atom is 0.334 e. The molecule has 112 valence electrons. The van der Waals surface area contributed by atoms with E-state index in [2.05, 4.69) is 6.58 Å². The molecule has 1 atom stereocenters. The van der Waals surface area contributed by atoms with Crippen molar-refractivity contribution in [2.75, 3.05) is 13.2 Å². The van der Waals surface area contributed by atoms with Gasteiger partial charge in [0, 0.05) is 11.8 Å². The molecule has 0 bridgehead atoms. The molecule has 0 rings (SSSR count). The van der Waals surface area contributed by atoms with Crippen molar-refractivity contribution in [3.8, 4) is 0 Å². The molecule has 0 spiro atoms. The SMILES string of the molecule is C=CCC(CC(=O)C(C)(C)C)P(=O)(OCC)OCC. The van der Waals surface area contributed by atoms with Crippen LogP contribution in [-0.4, -0.2) is 24.7 Å². The molecule has 0 amide bonds. The third-order valence-electron chi connectivity index (χ3n) is 2.76. The summed E-state index contributed by atoms with van der Waals surface area (Å²) in [6, 6.07) is 0. The molecule has 5 heteroatoms. The molecule has 0 heterocycles. The van der Waals surface area contributed by atoms with Gasteiger partial charge in [0.25, 0.3) is 0 Å². The quantitative estimate of drug-likeness (QED) is 0.471. The molecule has 0 aliphatic rings. The van der Waals surface area contributed by atoms with Crippen LogP contribution in [0.2, 0.25) is 0 Å². The fourth-order valence-electron chi connectivity index (χ4n) is 1.64. The Hall–Kier alpha value is -0.440. The van der Waals surface area contributed by atoms with Crippen molar-refractivity contribution in [3.05, 3.63) is 12.7 Å². The number of Topliss-reactive ketones (excluding diaryl/α,β-unsaturated/α-hetero) is 1. The van der Waals surface area contributed by atoms with E-state index in [1.807, 2.05) is 20.8 Å². The predicted molar refractivity (Wildman–Crippen MR) is 78.5 cm³/mol. The van der Waals surface area contributed by atoms with Gasteiger partial charge in [0.1, 0.15) is 5.78 Å². The molecule has 0 aromatic heterocycles. The van der Waals surface area contributed by atoms with Crippen molar-refractivity contribution in [2.45, 2.75) is 53.1 Å². The number of hydrogen-bond acceptors (Lipinski definition) is 4. The molecule has 19 heavy (non-hydrogen) atoms. The third-order valence-corrected chi connectivity index (χ3v) is 5.29. The largest absolute Gasteiger partial charge is 0.334 e. The Bertz CT molecular complexity index is 334. The zero-order valence-corrected chi connectivity index (χ0v) is 13.7. The first-order valence-electron chi connectivity index (χ1n) is 6.74. The third kappa shape index (κ3) is 6.03. The van der Waals surface area contributed by atoms with Crippen LogP contribution in [0.3, 0.4) is 0 Å². The Morgan fingerprint density at radius 1 is 1.26 bits per heavy atom. The van der Waals surface area contributed by atoms with Crippen LogP contribution < -0.4 is 0 Å². The molecule has 0 aliphatic heterocycles. The van der Waals surface area contributed by atoms with Crippen LogP contribution >= 0.6 is 7.60 Å². The Morgan fingerprint density at radius 3 is 2.05 bits per heavy atom. The molecule has 0 fully saturated rings. The highest BCUT2D eigenvalue weighted by atomic mass is 31.2. The summed E-state index contributed by atoms with van der Waals surface area (Å²) < 4.78 is 23.4. The van der Waals surface area contributed by atoms with E-state index in [9.17, 15) is 9.36 Å². The van der Waals surface area contributed by atoms with Crippen LogP contribution in [0, 0.1) is 5.41 Å². The van der Waals surface area contributed by atoms with Gasteiger partial charge in [-0.3, -0.25) is 9.36 Å². The summed E-state index contributed by atoms with van der Waals surface area (Å²) in [6.45, 7) is 13.4. The van der Waals surface area contributed by atoms with Gasteiger partial charge >= 0.3 is 7.60 Å². The van der Waals surface area contributed by atoms with E-state index in [1.165, 1.54) is 0 Å². The summed E-state index contributed by atoms with van der Waals surface area (Å²) in [5.74, 6) is 0.0546. The zero-order valence-electron chi connectivity index (χ0n) is 12.8. The lowest BCUT2D eigenvalue weighted by Crippen LogP contribution is -2.26. The van der Waals surface area contributed by atoms with Gasteiger partial charge in [-0.2, -0.15) is 0 Å². The fourth-order valence-corrected chi connectivity index (χ4v) is 3.66. The molecule has 0 saturated heterocycles. The summed E-state index contributed by atoms with van der Waals surface area (Å²) in [5.41, 5.74) is -0.903. The van der Waals surface area contributed by atoms with E-state index in [1.54, 1.807) is 19.9 Å². The lowest BCUT2D eigenvalue weighted by molar-refractivity contribution is -0.126. The number of allylic oxidation sites excluding steroid dienone is 1. The van der Waals surface area contributed by atoms with Crippen molar-refractivity contribution in [2.24, 2.45) is 5.41 Å². The van der Waals surface area contributed by atoms with Gasteiger partial charge in [-0.1, -0.05) is 26.8 Å². The van der Waals surface area contributed by atoms with Gasteiger partial charge in [-0.25, -0.2) is 0 Å². The second kappa shape index (κ2) is 7.98. The molecule has 0 N–H and O–H groups in total. The van der Waals surface area contributed by atoms with Gasteiger partial charge in [-0.05, 0) is 20.3 Å². The van der Waals surface area contributed by atoms with Crippen LogP contribution in [-0.2, 0) is 18.4 Å². The summed E-state index contributed by atoms with van der Waals surface area (Å²) >= 11 is 0. The Balaban J connectivity index is 5.10. The monoisotopic (exact) mass is 290 g/mol. The minimum absolute atomic E-state index is 0.0546. The van der Waals surface area contributed by atoms with Crippen LogP contribution in [0.1, 0.15) is 47.5 Å². The predicted octanol–water partition coefficient (Wildman–Crippen LogP) is 4.20. The van der Waals surface area contributed by atoms with Gasteiger partial charge in [0.2, 0.25) is 0 Å². The van der Waals surface area contributed by atoms with Crippen LogP contribution in [0.15, 0.2) is 12.7 Å². The number of carbonyl (C=O) groups excluding carboxylic acids is 1. The Labute approximate surface area is 117 Å². The molecular weight excluding hydrogens is 263 g/mol. The summed E-state index contributed by atoms with van der Waals surface area (Å²) in [6.07, 6.45) is 2.29. The standard InChI is InChI=1S/C14H27O4P/c1-7-10-12(11-13(15)14(4,5)6)19(16,17-8-2)18-9-3/h7,12H,1,8-11H2,2-6H3. The van der Waals surface area contributed by atoms with E-state index in [-0.39, 0.29) is 12.2 Å². The minimum Gasteiger partial charge on any atom is -0.309 e. The molecule has 1 unspecified atom stereocenters. The van der Waals surface area contributed by atoms with E-state index in [0.717, 1.165) is 0 Å². The average molecular weight is 290 g/mol. The smallest absolute Gasteiger partial charge is 0.309 e. The first-order chi connectivity index (χ1) is 8.71. The van der Waals surface area contributed by atoms with Crippen molar-refractivity contribution < 1.29 is 18.4 Å². The Morgan fingerprint density at radius 2 is 1.74 bits per heavy atom. The zero-order chi connectivity index (χ0) is 15.1. The van der Waals surface area contributed by atoms with Crippen molar-refractivity contribution in [1.82, 2.24) is 0 Å². The van der Waals surface area contributed by atoms with Gasteiger partial charge in [0.05, 0.1) is 18.9 Å². The summed E-state index contributed by atoms with van der Waals surface area (Å²) in [4.78, 5) is 12.1. The fraction of sp³-hybridized carbons (Fsp3) is 0.786. The number of hydrogen-bond donors (Lipinski definition) is 0. The van der Waals surface area contributed by atoms with Crippen LogP contribution in [0.4, 0.5) is 0 Å². The molecule has 4 nitrogen and oxygen atoms in total. The molecular formula is C14H27O4P. The first kappa shape index (κ1) is 18.6. The summed E-state index contributed by atoms with van der Waals surface area (Å²) in [7, 11) is -3.26. The number of rotatable bonds is 9. The van der Waals surface area contributed by atoms with Crippen molar-refractivity contribution in [1.29, 1.82) is 0 Å². The van der Waals surface area contributed by atoms with Gasteiger partial charge in [0.15, 0.2) is 0 Å². The highest BCUT2D eigenvalue weighted by Crippen LogP contribution is 2.56. The molecule has 0 saturated carbocycles. The van der Waals surface area contributed by atoms with Crippen molar-refractivity contribution in [3.63, 3.8) is 0 Å². The van der Waals surface area contributed by atoms with Gasteiger partial charge < -0.3 is 9.05 Å². The lowest BCUT2D eigenvalue weighted by atomic mass is 9.88. The van der Waals surface area contributed by atoms with Crippen molar-refractivity contribution >= 4 is 13.4 Å². The van der Waals surface area contributed by atoms with Crippen LogP contribution in [0.5, 0.6) is 0 Å². The average Bonchev–Trinajstić information content (AvgIpc) is 2.27. The van der Waals surface area contributed by atoms with E-state index < -0.39 is 18.7 Å². The maximum absolute atomic E-state index is 12.7. The Kier molecular flexibility index (Phi) is 7.80. The first-order valence-corrected chi connectivity index (χ1v) is 8.35. The number of carbonyl (C=O) groups is 1. The number of ketones is 1. The highest BCUT2D eigenvalue weighted by Gasteiger charge is 2.38. The highest BCUT2D eigenvalue weighted by molar-refractivity contribution is 7.54.